The first-order chi connectivity index (χ1) is 6.63. The Labute approximate surface area is 91.5 Å². The molecule has 0 saturated carbocycles. The van der Waals surface area contributed by atoms with Crippen molar-refractivity contribution in [1.29, 1.82) is 0 Å². The largest absolute Gasteiger partial charge is 0.480 e. The predicted molar refractivity (Wildman–Crippen MR) is 54.0 cm³/mol. The minimum Gasteiger partial charge on any atom is -0.480 e. The molecule has 0 atom stereocenters. The van der Waals surface area contributed by atoms with Gasteiger partial charge >= 0.3 is 5.97 Å². The maximum atomic E-state index is 10.8. The minimum absolute atomic E-state index is 0.184. The second-order valence-electron chi connectivity index (χ2n) is 2.44. The highest BCUT2D eigenvalue weighted by atomic mass is 35.5. The van der Waals surface area contributed by atoms with Gasteiger partial charge in [-0.15, -0.1) is 0 Å². The van der Waals surface area contributed by atoms with Crippen molar-refractivity contribution >= 4 is 29.2 Å². The van der Waals surface area contributed by atoms with Gasteiger partial charge in [-0.3, -0.25) is 0 Å². The summed E-state index contributed by atoms with van der Waals surface area (Å²) in [7, 11) is 1.28. The SMILES string of the molecule is COC(=O)COc1cc(Cl)ccc1Cl. The van der Waals surface area contributed by atoms with Crippen molar-refractivity contribution in [1.82, 2.24) is 0 Å². The van der Waals surface area contributed by atoms with Crippen LogP contribution in [0.3, 0.4) is 0 Å². The van der Waals surface area contributed by atoms with Crippen molar-refractivity contribution in [2.24, 2.45) is 0 Å². The number of benzene rings is 1. The van der Waals surface area contributed by atoms with Gasteiger partial charge < -0.3 is 9.47 Å². The summed E-state index contributed by atoms with van der Waals surface area (Å²) in [6.07, 6.45) is 0. The summed E-state index contributed by atoms with van der Waals surface area (Å²) in [6, 6.07) is 4.76. The molecule has 0 aliphatic carbocycles. The van der Waals surface area contributed by atoms with Crippen molar-refractivity contribution in [3.8, 4) is 5.75 Å². The van der Waals surface area contributed by atoms with E-state index >= 15 is 0 Å². The van der Waals surface area contributed by atoms with Crippen molar-refractivity contribution < 1.29 is 14.3 Å². The molecule has 0 radical (unpaired) electrons. The highest BCUT2D eigenvalue weighted by Gasteiger charge is 2.05. The molecule has 0 amide bonds. The third kappa shape index (κ3) is 3.09. The summed E-state index contributed by atoms with van der Waals surface area (Å²) in [4.78, 5) is 10.8. The number of carbonyl (C=O) groups excluding carboxylic acids is 1. The Morgan fingerprint density at radius 2 is 2.14 bits per heavy atom. The zero-order valence-electron chi connectivity index (χ0n) is 7.42. The molecule has 76 valence electrons. The van der Waals surface area contributed by atoms with Gasteiger partial charge in [0, 0.05) is 11.1 Å². The molecule has 0 aromatic heterocycles. The summed E-state index contributed by atoms with van der Waals surface area (Å²) in [5, 5.41) is 0.896. The average Bonchev–Trinajstić information content (AvgIpc) is 2.19. The van der Waals surface area contributed by atoms with E-state index in [4.69, 9.17) is 27.9 Å². The molecule has 5 heteroatoms. The quantitative estimate of drug-likeness (QED) is 0.755. The van der Waals surface area contributed by atoms with Crippen LogP contribution in [-0.2, 0) is 9.53 Å². The Balaban J connectivity index is 2.66. The lowest BCUT2D eigenvalue weighted by atomic mass is 10.3. The van der Waals surface area contributed by atoms with Crippen LogP contribution in [-0.4, -0.2) is 19.7 Å². The molecule has 0 N–H and O–H groups in total. The van der Waals surface area contributed by atoms with Gasteiger partial charge in [0.2, 0.25) is 0 Å². The van der Waals surface area contributed by atoms with Crippen molar-refractivity contribution in [2.45, 2.75) is 0 Å². The van der Waals surface area contributed by atoms with Gasteiger partial charge in [-0.2, -0.15) is 0 Å². The highest BCUT2D eigenvalue weighted by Crippen LogP contribution is 2.27. The van der Waals surface area contributed by atoms with Gasteiger partial charge in [-0.05, 0) is 12.1 Å². The van der Waals surface area contributed by atoms with Gasteiger partial charge in [0.15, 0.2) is 6.61 Å². The topological polar surface area (TPSA) is 35.5 Å². The summed E-state index contributed by atoms with van der Waals surface area (Å²) in [5.74, 6) is -0.106. The molecular weight excluding hydrogens is 227 g/mol. The fourth-order valence-corrected chi connectivity index (χ4v) is 1.12. The number of hydrogen-bond donors (Lipinski definition) is 0. The molecule has 0 aliphatic rings. The standard InChI is InChI=1S/C9H8Cl2O3/c1-13-9(12)5-14-8-4-6(10)2-3-7(8)11/h2-4H,5H2,1H3. The zero-order chi connectivity index (χ0) is 10.6. The first kappa shape index (κ1) is 11.1. The van der Waals surface area contributed by atoms with Crippen molar-refractivity contribution in [3.63, 3.8) is 0 Å². The van der Waals surface area contributed by atoms with Crippen molar-refractivity contribution in [3.05, 3.63) is 28.2 Å². The molecular formula is C9H8Cl2O3. The first-order valence-electron chi connectivity index (χ1n) is 3.78. The second kappa shape index (κ2) is 5.08. The maximum Gasteiger partial charge on any atom is 0.343 e. The third-order valence-corrected chi connectivity index (χ3v) is 2.01. The molecule has 1 rings (SSSR count). The number of rotatable bonds is 3. The molecule has 0 unspecified atom stereocenters. The van der Waals surface area contributed by atoms with Crippen LogP contribution < -0.4 is 4.74 Å². The summed E-state index contributed by atoms with van der Waals surface area (Å²) < 4.78 is 9.48. The number of methoxy groups -OCH3 is 1. The normalized spacial score (nSPS) is 9.64. The van der Waals surface area contributed by atoms with Crippen LogP contribution in [0.2, 0.25) is 10.0 Å². The van der Waals surface area contributed by atoms with E-state index in [1.165, 1.54) is 13.2 Å². The van der Waals surface area contributed by atoms with Gasteiger partial charge in [0.1, 0.15) is 5.75 Å². The van der Waals surface area contributed by atoms with Crippen LogP contribution in [0.1, 0.15) is 0 Å². The lowest BCUT2D eigenvalue weighted by molar-refractivity contribution is -0.142. The molecule has 14 heavy (non-hydrogen) atoms. The average molecular weight is 235 g/mol. The molecule has 3 nitrogen and oxygen atoms in total. The fourth-order valence-electron chi connectivity index (χ4n) is 0.783. The number of ether oxygens (including phenoxy) is 2. The van der Waals surface area contributed by atoms with E-state index in [0.717, 1.165) is 0 Å². The Hall–Kier alpha value is -0.930. The number of hydrogen-bond acceptors (Lipinski definition) is 3. The van der Waals surface area contributed by atoms with Gasteiger partial charge in [-0.1, -0.05) is 23.2 Å². The minimum atomic E-state index is -0.471. The van der Waals surface area contributed by atoms with E-state index in [1.54, 1.807) is 12.1 Å². The maximum absolute atomic E-state index is 10.8. The van der Waals surface area contributed by atoms with E-state index in [0.29, 0.717) is 15.8 Å². The lowest BCUT2D eigenvalue weighted by Gasteiger charge is -2.06. The summed E-state index contributed by atoms with van der Waals surface area (Å²) in [5.41, 5.74) is 0. The Morgan fingerprint density at radius 3 is 2.79 bits per heavy atom. The molecule has 0 aliphatic heterocycles. The smallest absolute Gasteiger partial charge is 0.343 e. The molecule has 1 aromatic carbocycles. The van der Waals surface area contributed by atoms with Gasteiger partial charge in [0.25, 0.3) is 0 Å². The molecule has 0 fully saturated rings. The van der Waals surface area contributed by atoms with E-state index < -0.39 is 5.97 Å². The Kier molecular flexibility index (Phi) is 4.04. The van der Waals surface area contributed by atoms with Crippen LogP contribution in [0.4, 0.5) is 0 Å². The van der Waals surface area contributed by atoms with Crippen LogP contribution in [0.5, 0.6) is 5.75 Å². The number of esters is 1. The second-order valence-corrected chi connectivity index (χ2v) is 3.28. The van der Waals surface area contributed by atoms with Crippen molar-refractivity contribution in [2.75, 3.05) is 13.7 Å². The van der Waals surface area contributed by atoms with Crippen LogP contribution in [0, 0.1) is 0 Å². The van der Waals surface area contributed by atoms with Crippen LogP contribution in [0.25, 0.3) is 0 Å². The molecule has 0 saturated heterocycles. The monoisotopic (exact) mass is 234 g/mol. The molecule has 0 heterocycles. The Bertz CT molecular complexity index is 339. The predicted octanol–water partition coefficient (Wildman–Crippen LogP) is 2.55. The van der Waals surface area contributed by atoms with E-state index in [-0.39, 0.29) is 6.61 Å². The Morgan fingerprint density at radius 1 is 1.43 bits per heavy atom. The zero-order valence-corrected chi connectivity index (χ0v) is 8.93. The molecule has 0 bridgehead atoms. The van der Waals surface area contributed by atoms with E-state index in [9.17, 15) is 4.79 Å². The van der Waals surface area contributed by atoms with E-state index in [2.05, 4.69) is 4.74 Å². The van der Waals surface area contributed by atoms with E-state index in [1.807, 2.05) is 0 Å². The molecule has 1 aromatic rings. The van der Waals surface area contributed by atoms with Crippen LogP contribution >= 0.6 is 23.2 Å². The van der Waals surface area contributed by atoms with Gasteiger partial charge in [-0.25, -0.2) is 4.79 Å². The molecule has 0 spiro atoms. The summed E-state index contributed by atoms with van der Waals surface area (Å²) >= 11 is 11.5. The lowest BCUT2D eigenvalue weighted by Crippen LogP contribution is -2.12. The van der Waals surface area contributed by atoms with Crippen LogP contribution in [0.15, 0.2) is 18.2 Å². The first-order valence-corrected chi connectivity index (χ1v) is 4.53. The summed E-state index contributed by atoms with van der Waals surface area (Å²) in [6.45, 7) is -0.184. The number of carbonyl (C=O) groups is 1. The fraction of sp³-hybridized carbons (Fsp3) is 0.222. The highest BCUT2D eigenvalue weighted by molar-refractivity contribution is 6.34. The third-order valence-electron chi connectivity index (χ3n) is 1.47. The van der Waals surface area contributed by atoms with Gasteiger partial charge in [0.05, 0.1) is 12.1 Å². The number of halogens is 2.